The summed E-state index contributed by atoms with van der Waals surface area (Å²) in [5.41, 5.74) is 7.24. The van der Waals surface area contributed by atoms with Crippen molar-refractivity contribution in [2.75, 3.05) is 7.11 Å². The Bertz CT molecular complexity index is 966. The van der Waals surface area contributed by atoms with Crippen molar-refractivity contribution >= 4 is 22.6 Å². The SMILES string of the molecule is COc1cc2ccccc2cc1C(=O)NNC(=O)Cc1ccccc1C. The molecule has 0 unspecified atom stereocenters. The van der Waals surface area contributed by atoms with Gasteiger partial charge in [-0.25, -0.2) is 0 Å². The van der Waals surface area contributed by atoms with E-state index < -0.39 is 5.91 Å². The molecule has 2 amide bonds. The Labute approximate surface area is 152 Å². The summed E-state index contributed by atoms with van der Waals surface area (Å²) >= 11 is 0. The van der Waals surface area contributed by atoms with E-state index in [4.69, 9.17) is 4.74 Å². The molecule has 132 valence electrons. The molecule has 0 aromatic heterocycles. The van der Waals surface area contributed by atoms with E-state index >= 15 is 0 Å². The van der Waals surface area contributed by atoms with Crippen LogP contribution < -0.4 is 15.6 Å². The molecule has 0 radical (unpaired) electrons. The van der Waals surface area contributed by atoms with E-state index in [0.29, 0.717) is 11.3 Å². The average molecular weight is 348 g/mol. The van der Waals surface area contributed by atoms with Crippen LogP contribution in [0.1, 0.15) is 21.5 Å². The molecule has 5 nitrogen and oxygen atoms in total. The fourth-order valence-electron chi connectivity index (χ4n) is 2.79. The van der Waals surface area contributed by atoms with Crippen LogP contribution in [0.25, 0.3) is 10.8 Å². The lowest BCUT2D eigenvalue weighted by molar-refractivity contribution is -0.121. The van der Waals surface area contributed by atoms with Crippen molar-refractivity contribution in [3.63, 3.8) is 0 Å². The Kier molecular flexibility index (Phi) is 5.17. The number of ether oxygens (including phenoxy) is 1. The molecule has 5 heteroatoms. The smallest absolute Gasteiger partial charge is 0.273 e. The predicted octanol–water partition coefficient (Wildman–Crippen LogP) is 3.16. The molecule has 0 saturated carbocycles. The van der Waals surface area contributed by atoms with Gasteiger partial charge in [-0.15, -0.1) is 0 Å². The Morgan fingerprint density at radius 1 is 0.923 bits per heavy atom. The van der Waals surface area contributed by atoms with Crippen LogP contribution in [-0.2, 0) is 11.2 Å². The number of methoxy groups -OCH3 is 1. The largest absolute Gasteiger partial charge is 0.496 e. The highest BCUT2D eigenvalue weighted by molar-refractivity contribution is 6.02. The molecule has 3 aromatic rings. The molecule has 3 aromatic carbocycles. The van der Waals surface area contributed by atoms with Gasteiger partial charge in [0.05, 0.1) is 19.1 Å². The van der Waals surface area contributed by atoms with Gasteiger partial charge in [0.25, 0.3) is 5.91 Å². The van der Waals surface area contributed by atoms with E-state index in [2.05, 4.69) is 10.9 Å². The topological polar surface area (TPSA) is 67.4 Å². The second-order valence-corrected chi connectivity index (χ2v) is 6.01. The van der Waals surface area contributed by atoms with Crippen molar-refractivity contribution in [3.8, 4) is 5.75 Å². The van der Waals surface area contributed by atoms with Crippen molar-refractivity contribution in [1.82, 2.24) is 10.9 Å². The first-order valence-corrected chi connectivity index (χ1v) is 8.29. The van der Waals surface area contributed by atoms with E-state index in [-0.39, 0.29) is 12.3 Å². The third-order valence-corrected chi connectivity index (χ3v) is 4.24. The number of hydrazine groups is 1. The average Bonchev–Trinajstić information content (AvgIpc) is 2.66. The number of aryl methyl sites for hydroxylation is 1. The number of hydrogen-bond acceptors (Lipinski definition) is 3. The monoisotopic (exact) mass is 348 g/mol. The number of carbonyl (C=O) groups is 2. The lowest BCUT2D eigenvalue weighted by atomic mass is 10.1. The lowest BCUT2D eigenvalue weighted by Gasteiger charge is -2.12. The summed E-state index contributed by atoms with van der Waals surface area (Å²) in [6.07, 6.45) is 0.196. The molecule has 0 aliphatic heterocycles. The van der Waals surface area contributed by atoms with Crippen LogP contribution in [-0.4, -0.2) is 18.9 Å². The summed E-state index contributed by atoms with van der Waals surface area (Å²) in [5, 5.41) is 1.90. The first kappa shape index (κ1) is 17.5. The predicted molar refractivity (Wildman–Crippen MR) is 101 cm³/mol. The minimum absolute atomic E-state index is 0.196. The van der Waals surface area contributed by atoms with Crippen LogP contribution >= 0.6 is 0 Å². The number of hydrogen-bond donors (Lipinski definition) is 2. The van der Waals surface area contributed by atoms with Gasteiger partial charge in [-0.3, -0.25) is 20.4 Å². The van der Waals surface area contributed by atoms with Gasteiger partial charge in [0.1, 0.15) is 5.75 Å². The molecular weight excluding hydrogens is 328 g/mol. The molecular formula is C21H20N2O3. The van der Waals surface area contributed by atoms with Gasteiger partial charge in [0.15, 0.2) is 0 Å². The van der Waals surface area contributed by atoms with Crippen molar-refractivity contribution in [2.45, 2.75) is 13.3 Å². The minimum Gasteiger partial charge on any atom is -0.496 e. The van der Waals surface area contributed by atoms with Gasteiger partial charge in [0.2, 0.25) is 5.91 Å². The minimum atomic E-state index is -0.425. The highest BCUT2D eigenvalue weighted by atomic mass is 16.5. The van der Waals surface area contributed by atoms with Crippen LogP contribution in [0.4, 0.5) is 0 Å². The van der Waals surface area contributed by atoms with Gasteiger partial charge in [-0.05, 0) is 41.0 Å². The van der Waals surface area contributed by atoms with Crippen molar-refractivity contribution < 1.29 is 14.3 Å². The molecule has 0 atom stereocenters. The second-order valence-electron chi connectivity index (χ2n) is 6.01. The highest BCUT2D eigenvalue weighted by Gasteiger charge is 2.15. The van der Waals surface area contributed by atoms with Crippen molar-refractivity contribution in [1.29, 1.82) is 0 Å². The molecule has 0 spiro atoms. The summed E-state index contributed by atoms with van der Waals surface area (Å²) in [4.78, 5) is 24.6. The normalized spacial score (nSPS) is 10.4. The van der Waals surface area contributed by atoms with Crippen molar-refractivity contribution in [3.05, 3.63) is 77.4 Å². The summed E-state index contributed by atoms with van der Waals surface area (Å²) in [7, 11) is 1.51. The zero-order valence-corrected chi connectivity index (χ0v) is 14.7. The molecule has 2 N–H and O–H groups in total. The van der Waals surface area contributed by atoms with E-state index in [9.17, 15) is 9.59 Å². The maximum Gasteiger partial charge on any atom is 0.273 e. The Hall–Kier alpha value is -3.34. The first-order valence-electron chi connectivity index (χ1n) is 8.29. The molecule has 0 fully saturated rings. The van der Waals surface area contributed by atoms with Crippen LogP contribution in [0.5, 0.6) is 5.75 Å². The molecule has 0 saturated heterocycles. The zero-order chi connectivity index (χ0) is 18.5. The third-order valence-electron chi connectivity index (χ3n) is 4.24. The number of benzene rings is 3. The summed E-state index contributed by atoms with van der Waals surface area (Å²) in [6.45, 7) is 1.95. The van der Waals surface area contributed by atoms with Gasteiger partial charge < -0.3 is 4.74 Å². The van der Waals surface area contributed by atoms with Gasteiger partial charge in [0, 0.05) is 0 Å². The first-order chi connectivity index (χ1) is 12.6. The summed E-state index contributed by atoms with van der Waals surface area (Å²) in [6, 6.07) is 18.9. The molecule has 0 aliphatic carbocycles. The molecule has 3 rings (SSSR count). The second kappa shape index (κ2) is 7.70. The Morgan fingerprint density at radius 2 is 1.58 bits per heavy atom. The van der Waals surface area contributed by atoms with Crippen molar-refractivity contribution in [2.24, 2.45) is 0 Å². The zero-order valence-electron chi connectivity index (χ0n) is 14.7. The van der Waals surface area contributed by atoms with Crippen LogP contribution in [0.2, 0.25) is 0 Å². The molecule has 0 aliphatic rings. The van der Waals surface area contributed by atoms with Gasteiger partial charge in [-0.2, -0.15) is 0 Å². The highest BCUT2D eigenvalue weighted by Crippen LogP contribution is 2.25. The lowest BCUT2D eigenvalue weighted by Crippen LogP contribution is -2.42. The third kappa shape index (κ3) is 3.83. The van der Waals surface area contributed by atoms with E-state index in [1.807, 2.05) is 55.5 Å². The number of carbonyl (C=O) groups excluding carboxylic acids is 2. The molecule has 0 bridgehead atoms. The number of fused-ring (bicyclic) bond motifs is 1. The number of rotatable bonds is 4. The maximum absolute atomic E-state index is 12.5. The van der Waals surface area contributed by atoms with E-state index in [0.717, 1.165) is 21.9 Å². The Morgan fingerprint density at radius 3 is 2.27 bits per heavy atom. The fraction of sp³-hybridized carbons (Fsp3) is 0.143. The number of amides is 2. The maximum atomic E-state index is 12.5. The van der Waals surface area contributed by atoms with Gasteiger partial charge >= 0.3 is 0 Å². The summed E-state index contributed by atoms with van der Waals surface area (Å²) < 4.78 is 5.32. The quantitative estimate of drug-likeness (QED) is 0.712. The van der Waals surface area contributed by atoms with Crippen LogP contribution in [0.3, 0.4) is 0 Å². The number of nitrogens with one attached hydrogen (secondary N) is 2. The van der Waals surface area contributed by atoms with E-state index in [1.165, 1.54) is 7.11 Å². The fourth-order valence-corrected chi connectivity index (χ4v) is 2.79. The van der Waals surface area contributed by atoms with E-state index in [1.54, 1.807) is 12.1 Å². The van der Waals surface area contributed by atoms with Crippen LogP contribution in [0, 0.1) is 6.92 Å². The molecule has 0 heterocycles. The van der Waals surface area contributed by atoms with Gasteiger partial charge in [-0.1, -0.05) is 48.5 Å². The molecule has 26 heavy (non-hydrogen) atoms. The standard InChI is InChI=1S/C21H20N2O3/c1-14-7-3-4-8-15(14)13-20(24)22-23-21(25)18-11-16-9-5-6-10-17(16)12-19(18)26-2/h3-12H,13H2,1-2H3,(H,22,24)(H,23,25). The summed E-state index contributed by atoms with van der Waals surface area (Å²) in [5.74, 6) is -0.257. The Balaban J connectivity index is 1.71. The van der Waals surface area contributed by atoms with Crippen LogP contribution in [0.15, 0.2) is 60.7 Å².